The minimum Gasteiger partial charge on any atom is -0.480 e. The van der Waals surface area contributed by atoms with E-state index in [2.05, 4.69) is 0 Å². The lowest BCUT2D eigenvalue weighted by atomic mass is 9.91. The number of nitrogens with zero attached hydrogens (tertiary/aromatic N) is 1. The van der Waals surface area contributed by atoms with E-state index in [-0.39, 0.29) is 13.0 Å². The highest BCUT2D eigenvalue weighted by molar-refractivity contribution is 5.90. The zero-order chi connectivity index (χ0) is 17.3. The quantitative estimate of drug-likeness (QED) is 0.778. The first-order valence-corrected chi connectivity index (χ1v) is 8.00. The summed E-state index contributed by atoms with van der Waals surface area (Å²) in [5, 5.41) is 9.38. The van der Waals surface area contributed by atoms with Crippen molar-refractivity contribution in [1.29, 1.82) is 0 Å². The van der Waals surface area contributed by atoms with Crippen LogP contribution in [0.2, 0.25) is 0 Å². The van der Waals surface area contributed by atoms with Crippen LogP contribution >= 0.6 is 0 Å². The summed E-state index contributed by atoms with van der Waals surface area (Å²) >= 11 is 0. The monoisotopic (exact) mass is 332 g/mol. The van der Waals surface area contributed by atoms with E-state index in [0.717, 1.165) is 5.56 Å². The molecule has 0 spiro atoms. The summed E-state index contributed by atoms with van der Waals surface area (Å²) in [5.74, 6) is -2.58. The molecule has 0 radical (unpaired) electrons. The molecule has 4 atom stereocenters. The smallest absolute Gasteiger partial charge is 0.326 e. The lowest BCUT2D eigenvalue weighted by molar-refractivity contribution is -0.154. The third kappa shape index (κ3) is 2.99. The molecule has 24 heavy (non-hydrogen) atoms. The van der Waals surface area contributed by atoms with Gasteiger partial charge in [-0.3, -0.25) is 9.59 Å². The summed E-state index contributed by atoms with van der Waals surface area (Å²) in [6.07, 6.45) is 1.04. The molecule has 7 heteroatoms. The maximum atomic E-state index is 12.4. The Labute approximate surface area is 139 Å². The van der Waals surface area contributed by atoms with Crippen molar-refractivity contribution >= 4 is 17.8 Å². The molecule has 0 saturated carbocycles. The van der Waals surface area contributed by atoms with Crippen molar-refractivity contribution in [3.63, 3.8) is 0 Å². The van der Waals surface area contributed by atoms with Gasteiger partial charge in [0, 0.05) is 6.04 Å². The molecule has 0 aliphatic carbocycles. The van der Waals surface area contributed by atoms with Crippen LogP contribution < -0.4 is 5.73 Å². The lowest BCUT2D eigenvalue weighted by Crippen LogP contribution is -2.56. The van der Waals surface area contributed by atoms with Crippen molar-refractivity contribution in [3.05, 3.63) is 35.9 Å². The average Bonchev–Trinajstić information content (AvgIpc) is 2.97. The van der Waals surface area contributed by atoms with Gasteiger partial charge in [-0.1, -0.05) is 30.3 Å². The Morgan fingerprint density at radius 1 is 1.25 bits per heavy atom. The van der Waals surface area contributed by atoms with Crippen LogP contribution in [-0.2, 0) is 25.7 Å². The number of carboxylic acids is 1. The van der Waals surface area contributed by atoms with Crippen molar-refractivity contribution in [3.8, 4) is 0 Å². The predicted molar refractivity (Wildman–Crippen MR) is 83.6 cm³/mol. The Kier molecular flexibility index (Phi) is 4.53. The van der Waals surface area contributed by atoms with Gasteiger partial charge in [0.15, 0.2) is 0 Å². The fraction of sp³-hybridized carbons (Fsp3) is 0.471. The van der Waals surface area contributed by atoms with Crippen molar-refractivity contribution in [2.45, 2.75) is 44.0 Å². The molecule has 1 aromatic rings. The summed E-state index contributed by atoms with van der Waals surface area (Å²) in [5.41, 5.74) is 6.61. The van der Waals surface area contributed by atoms with E-state index in [1.165, 1.54) is 4.90 Å². The average molecular weight is 332 g/mol. The molecule has 128 valence electrons. The Hall–Kier alpha value is -2.41. The number of carbonyl (C=O) groups excluding carboxylic acids is 2. The second kappa shape index (κ2) is 6.60. The minimum atomic E-state index is -1.11. The highest BCUT2D eigenvalue weighted by atomic mass is 16.5. The predicted octanol–water partition coefficient (Wildman–Crippen LogP) is 0.521. The summed E-state index contributed by atoms with van der Waals surface area (Å²) < 4.78 is 5.35. The van der Waals surface area contributed by atoms with E-state index in [1.54, 1.807) is 0 Å². The zero-order valence-corrected chi connectivity index (χ0v) is 13.1. The molecule has 2 aliphatic rings. The number of carbonyl (C=O) groups is 3. The van der Waals surface area contributed by atoms with Crippen LogP contribution in [0.1, 0.15) is 24.8 Å². The molecule has 2 saturated heterocycles. The number of benzene rings is 1. The van der Waals surface area contributed by atoms with E-state index < -0.39 is 41.9 Å². The summed E-state index contributed by atoms with van der Waals surface area (Å²) in [7, 11) is 0. The van der Waals surface area contributed by atoms with Gasteiger partial charge in [-0.25, -0.2) is 4.79 Å². The van der Waals surface area contributed by atoms with Gasteiger partial charge < -0.3 is 20.5 Å². The molecular formula is C17H20N2O5. The van der Waals surface area contributed by atoms with Crippen LogP contribution in [0.25, 0.3) is 0 Å². The zero-order valence-electron chi connectivity index (χ0n) is 13.1. The first-order chi connectivity index (χ1) is 11.5. The molecule has 0 aromatic heterocycles. The molecule has 1 aromatic carbocycles. The van der Waals surface area contributed by atoms with Crippen LogP contribution in [0.3, 0.4) is 0 Å². The fourth-order valence-corrected chi connectivity index (χ4v) is 3.57. The second-order valence-electron chi connectivity index (χ2n) is 6.29. The lowest BCUT2D eigenvalue weighted by Gasteiger charge is -2.36. The summed E-state index contributed by atoms with van der Waals surface area (Å²) in [4.78, 5) is 37.5. The number of hydrogen-bond donors (Lipinski definition) is 2. The number of amides is 1. The molecule has 2 heterocycles. The normalized spacial score (nSPS) is 29.2. The molecule has 2 unspecified atom stereocenters. The Morgan fingerprint density at radius 2 is 1.96 bits per heavy atom. The fourth-order valence-electron chi connectivity index (χ4n) is 3.57. The number of piperidine rings is 1. The molecule has 0 bridgehead atoms. The van der Waals surface area contributed by atoms with Gasteiger partial charge in [-0.15, -0.1) is 0 Å². The van der Waals surface area contributed by atoms with Crippen LogP contribution in [0.5, 0.6) is 0 Å². The van der Waals surface area contributed by atoms with Crippen LogP contribution in [0.4, 0.5) is 0 Å². The first kappa shape index (κ1) is 16.4. The molecule has 3 N–H and O–H groups in total. The van der Waals surface area contributed by atoms with Gasteiger partial charge >= 0.3 is 11.9 Å². The minimum absolute atomic E-state index is 0.0755. The van der Waals surface area contributed by atoms with E-state index in [1.807, 2.05) is 30.3 Å². The molecule has 1 amide bonds. The SMILES string of the molecule is N[C@H]1CCC2C(C(=O)OCc3ccccc3)C[C@@H](C(=O)O)N2C1=O. The number of ether oxygens (including phenoxy) is 1. The Morgan fingerprint density at radius 3 is 2.62 bits per heavy atom. The van der Waals surface area contributed by atoms with Crippen LogP contribution in [0.15, 0.2) is 30.3 Å². The van der Waals surface area contributed by atoms with Gasteiger partial charge in [-0.05, 0) is 24.8 Å². The topological polar surface area (TPSA) is 110 Å². The van der Waals surface area contributed by atoms with Gasteiger partial charge in [0.2, 0.25) is 5.91 Å². The Balaban J connectivity index is 1.72. The number of rotatable bonds is 4. The van der Waals surface area contributed by atoms with Crippen molar-refractivity contribution in [1.82, 2.24) is 4.90 Å². The van der Waals surface area contributed by atoms with Crippen LogP contribution in [-0.4, -0.2) is 46.0 Å². The molecular weight excluding hydrogens is 312 g/mol. The molecule has 7 nitrogen and oxygen atoms in total. The first-order valence-electron chi connectivity index (χ1n) is 8.00. The molecule has 2 fully saturated rings. The van der Waals surface area contributed by atoms with Crippen molar-refractivity contribution in [2.24, 2.45) is 11.7 Å². The maximum absolute atomic E-state index is 12.4. The second-order valence-corrected chi connectivity index (χ2v) is 6.29. The number of fused-ring (bicyclic) bond motifs is 1. The van der Waals surface area contributed by atoms with Gasteiger partial charge in [0.05, 0.1) is 12.0 Å². The number of carboxylic acid groups (broad SMARTS) is 1. The maximum Gasteiger partial charge on any atom is 0.326 e. The summed E-state index contributed by atoms with van der Waals surface area (Å²) in [6, 6.07) is 7.11. The number of aliphatic carboxylic acids is 1. The van der Waals surface area contributed by atoms with E-state index >= 15 is 0 Å². The number of hydrogen-bond acceptors (Lipinski definition) is 5. The Bertz CT molecular complexity index is 648. The highest BCUT2D eigenvalue weighted by Crippen LogP contribution is 2.37. The van der Waals surface area contributed by atoms with Gasteiger partial charge in [-0.2, -0.15) is 0 Å². The number of esters is 1. The molecule has 3 rings (SSSR count). The van der Waals surface area contributed by atoms with Crippen molar-refractivity contribution in [2.75, 3.05) is 0 Å². The third-order valence-electron chi connectivity index (χ3n) is 4.79. The van der Waals surface area contributed by atoms with Crippen LogP contribution in [0, 0.1) is 5.92 Å². The highest BCUT2D eigenvalue weighted by Gasteiger charge is 2.53. The largest absolute Gasteiger partial charge is 0.480 e. The van der Waals surface area contributed by atoms with Crippen molar-refractivity contribution < 1.29 is 24.2 Å². The molecule has 2 aliphatic heterocycles. The summed E-state index contributed by atoms with van der Waals surface area (Å²) in [6.45, 7) is 0.133. The van der Waals surface area contributed by atoms with Gasteiger partial charge in [0.25, 0.3) is 0 Å². The van der Waals surface area contributed by atoms with E-state index in [4.69, 9.17) is 10.5 Å². The van der Waals surface area contributed by atoms with Gasteiger partial charge in [0.1, 0.15) is 12.6 Å². The van der Waals surface area contributed by atoms with E-state index in [0.29, 0.717) is 12.8 Å². The third-order valence-corrected chi connectivity index (χ3v) is 4.79. The standard InChI is InChI=1S/C17H20N2O5/c18-12-6-7-13-11(8-14(16(21)22)19(13)15(12)20)17(23)24-9-10-4-2-1-3-5-10/h1-5,11-14H,6-9,18H2,(H,21,22)/t11?,12-,13?,14-/m0/s1. The van der Waals surface area contributed by atoms with E-state index in [9.17, 15) is 19.5 Å². The number of nitrogens with two attached hydrogens (primary N) is 1.